The van der Waals surface area contributed by atoms with E-state index < -0.39 is 0 Å². The molecule has 0 spiro atoms. The predicted molar refractivity (Wildman–Crippen MR) is 95.0 cm³/mol. The van der Waals surface area contributed by atoms with Crippen molar-refractivity contribution in [2.75, 3.05) is 39.3 Å². The van der Waals surface area contributed by atoms with Crippen LogP contribution in [0, 0.1) is 5.41 Å². The largest absolute Gasteiger partial charge is 0.387 e. The first-order valence-corrected chi connectivity index (χ1v) is 8.78. The second kappa shape index (κ2) is 7.55. The van der Waals surface area contributed by atoms with Crippen molar-refractivity contribution in [1.82, 2.24) is 15.1 Å². The van der Waals surface area contributed by atoms with Crippen molar-refractivity contribution in [1.29, 1.82) is 0 Å². The van der Waals surface area contributed by atoms with Crippen LogP contribution in [0.15, 0.2) is 11.8 Å². The first-order chi connectivity index (χ1) is 10.4. The number of hydrogen-bond donors (Lipinski definition) is 1. The Bertz CT molecular complexity index is 451. The summed E-state index contributed by atoms with van der Waals surface area (Å²) >= 11 is 5.37. The van der Waals surface area contributed by atoms with Crippen molar-refractivity contribution in [3.63, 3.8) is 0 Å². The summed E-state index contributed by atoms with van der Waals surface area (Å²) in [5, 5.41) is 3.46. The molecular formula is C17H29N3OS. The van der Waals surface area contributed by atoms with E-state index in [4.69, 9.17) is 12.2 Å². The first-order valence-electron chi connectivity index (χ1n) is 8.37. The van der Waals surface area contributed by atoms with Crippen LogP contribution >= 0.6 is 12.2 Å². The molecule has 22 heavy (non-hydrogen) atoms. The van der Waals surface area contributed by atoms with Crippen molar-refractivity contribution in [3.05, 3.63) is 11.8 Å². The van der Waals surface area contributed by atoms with E-state index >= 15 is 0 Å². The highest BCUT2D eigenvalue weighted by molar-refractivity contribution is 7.80. The number of hydrogen-bond acceptors (Lipinski definition) is 4. The van der Waals surface area contributed by atoms with Gasteiger partial charge in [0.1, 0.15) is 0 Å². The van der Waals surface area contributed by atoms with E-state index in [9.17, 15) is 4.79 Å². The molecule has 1 saturated heterocycles. The summed E-state index contributed by atoms with van der Waals surface area (Å²) in [6.45, 7) is 12.6. The summed E-state index contributed by atoms with van der Waals surface area (Å²) < 4.78 is 0. The molecule has 2 aliphatic rings. The number of nitrogens with zero attached hydrogens (tertiary/aromatic N) is 2. The third kappa shape index (κ3) is 5.06. The van der Waals surface area contributed by atoms with E-state index in [0.717, 1.165) is 62.8 Å². The standard InChI is InChI=1S/C17H29N3OS/c1-4-16(22)20-9-7-19(8-10-20)6-5-18-14-11-15(21)13-17(2,3)12-14/h11,18H,4-10,12-13H2,1-3H3. The third-order valence-electron chi connectivity index (χ3n) is 4.46. The number of allylic oxidation sites excluding steroid dienone is 2. The van der Waals surface area contributed by atoms with Crippen LogP contribution < -0.4 is 5.32 Å². The summed E-state index contributed by atoms with van der Waals surface area (Å²) in [6.07, 6.45) is 4.40. The van der Waals surface area contributed by atoms with E-state index in [-0.39, 0.29) is 11.2 Å². The summed E-state index contributed by atoms with van der Waals surface area (Å²) in [4.78, 5) is 17.6. The monoisotopic (exact) mass is 323 g/mol. The number of thiocarbonyl (C=S) groups is 1. The van der Waals surface area contributed by atoms with Gasteiger partial charge in [0.2, 0.25) is 0 Å². The Balaban J connectivity index is 1.70. The van der Waals surface area contributed by atoms with Gasteiger partial charge >= 0.3 is 0 Å². The molecule has 1 fully saturated rings. The average Bonchev–Trinajstić information content (AvgIpc) is 2.45. The fourth-order valence-corrected chi connectivity index (χ4v) is 3.46. The van der Waals surface area contributed by atoms with Gasteiger partial charge in [0.05, 0.1) is 4.99 Å². The van der Waals surface area contributed by atoms with Crippen LogP contribution in [0.3, 0.4) is 0 Å². The Morgan fingerprint density at radius 3 is 2.55 bits per heavy atom. The fourth-order valence-electron chi connectivity index (χ4n) is 3.28. The zero-order valence-corrected chi connectivity index (χ0v) is 15.0. The minimum absolute atomic E-state index is 0.0929. The van der Waals surface area contributed by atoms with E-state index in [1.165, 1.54) is 0 Å². The molecule has 1 heterocycles. The highest BCUT2D eigenvalue weighted by atomic mass is 32.1. The molecule has 0 bridgehead atoms. The molecule has 0 radical (unpaired) electrons. The SMILES string of the molecule is CCC(=S)N1CCN(CCNC2=CC(=O)CC(C)(C)C2)CC1. The molecule has 5 heteroatoms. The van der Waals surface area contributed by atoms with Gasteiger partial charge in [-0.15, -0.1) is 0 Å². The normalized spacial score (nSPS) is 22.4. The van der Waals surface area contributed by atoms with Crippen molar-refractivity contribution in [3.8, 4) is 0 Å². The van der Waals surface area contributed by atoms with Gasteiger partial charge in [-0.3, -0.25) is 9.69 Å². The minimum atomic E-state index is 0.0929. The summed E-state index contributed by atoms with van der Waals surface area (Å²) in [5.41, 5.74) is 1.20. The minimum Gasteiger partial charge on any atom is -0.387 e. The number of nitrogens with one attached hydrogen (secondary N) is 1. The van der Waals surface area contributed by atoms with E-state index in [1.54, 1.807) is 6.08 Å². The van der Waals surface area contributed by atoms with Gasteiger partial charge in [-0.2, -0.15) is 0 Å². The predicted octanol–water partition coefficient (Wildman–Crippen LogP) is 2.20. The molecule has 0 aromatic carbocycles. The van der Waals surface area contributed by atoms with Crippen LogP contribution in [0.2, 0.25) is 0 Å². The second-order valence-corrected chi connectivity index (χ2v) is 7.63. The van der Waals surface area contributed by atoms with Crippen molar-refractivity contribution in [2.24, 2.45) is 5.41 Å². The first kappa shape index (κ1) is 17.4. The lowest BCUT2D eigenvalue weighted by Crippen LogP contribution is -2.49. The Morgan fingerprint density at radius 1 is 1.27 bits per heavy atom. The lowest BCUT2D eigenvalue weighted by atomic mass is 9.79. The molecular weight excluding hydrogens is 294 g/mol. The zero-order valence-electron chi connectivity index (χ0n) is 14.2. The van der Waals surface area contributed by atoms with Gasteiger partial charge in [0, 0.05) is 57.5 Å². The van der Waals surface area contributed by atoms with Gasteiger partial charge in [-0.05, 0) is 18.3 Å². The van der Waals surface area contributed by atoms with Crippen LogP contribution in [0.4, 0.5) is 0 Å². The maximum atomic E-state index is 11.7. The molecule has 4 nitrogen and oxygen atoms in total. The molecule has 0 saturated carbocycles. The van der Waals surface area contributed by atoms with E-state index in [0.29, 0.717) is 6.42 Å². The van der Waals surface area contributed by atoms with Crippen molar-refractivity contribution in [2.45, 2.75) is 40.0 Å². The molecule has 2 rings (SSSR count). The number of carbonyl (C=O) groups excluding carboxylic acids is 1. The maximum Gasteiger partial charge on any atom is 0.157 e. The van der Waals surface area contributed by atoms with E-state index in [1.807, 2.05) is 0 Å². The lowest BCUT2D eigenvalue weighted by molar-refractivity contribution is -0.117. The molecule has 1 N–H and O–H groups in total. The molecule has 0 amide bonds. The Labute approximate surface area is 139 Å². The Morgan fingerprint density at radius 2 is 1.95 bits per heavy atom. The van der Waals surface area contributed by atoms with Gasteiger partial charge in [-0.25, -0.2) is 0 Å². The summed E-state index contributed by atoms with van der Waals surface area (Å²) in [5.74, 6) is 0.250. The number of rotatable bonds is 5. The molecule has 0 aromatic rings. The average molecular weight is 324 g/mol. The van der Waals surface area contributed by atoms with Crippen LogP contribution in [0.1, 0.15) is 40.0 Å². The smallest absolute Gasteiger partial charge is 0.157 e. The van der Waals surface area contributed by atoms with Crippen LogP contribution in [-0.2, 0) is 4.79 Å². The third-order valence-corrected chi connectivity index (χ3v) is 5.01. The van der Waals surface area contributed by atoms with Crippen LogP contribution in [-0.4, -0.2) is 59.8 Å². The van der Waals surface area contributed by atoms with Gasteiger partial charge in [0.25, 0.3) is 0 Å². The highest BCUT2D eigenvalue weighted by Gasteiger charge is 2.27. The number of ketones is 1. The molecule has 0 aromatic heterocycles. The Hall–Kier alpha value is -0.940. The summed E-state index contributed by atoms with van der Waals surface area (Å²) in [7, 11) is 0. The van der Waals surface area contributed by atoms with Crippen LogP contribution in [0.25, 0.3) is 0 Å². The van der Waals surface area contributed by atoms with Gasteiger partial charge in [-0.1, -0.05) is 33.0 Å². The zero-order chi connectivity index (χ0) is 16.2. The van der Waals surface area contributed by atoms with E-state index in [2.05, 4.69) is 35.9 Å². The molecule has 1 aliphatic carbocycles. The van der Waals surface area contributed by atoms with Crippen molar-refractivity contribution >= 4 is 23.0 Å². The fraction of sp³-hybridized carbons (Fsp3) is 0.765. The molecule has 124 valence electrons. The second-order valence-electron chi connectivity index (χ2n) is 7.16. The molecule has 0 unspecified atom stereocenters. The summed E-state index contributed by atoms with van der Waals surface area (Å²) in [6, 6.07) is 0. The highest BCUT2D eigenvalue weighted by Crippen LogP contribution is 2.32. The topological polar surface area (TPSA) is 35.6 Å². The lowest BCUT2D eigenvalue weighted by Gasteiger charge is -2.36. The Kier molecular flexibility index (Phi) is 5.98. The van der Waals surface area contributed by atoms with Gasteiger partial charge < -0.3 is 10.2 Å². The maximum absolute atomic E-state index is 11.7. The number of carbonyl (C=O) groups is 1. The number of piperazine rings is 1. The molecule has 0 atom stereocenters. The quantitative estimate of drug-likeness (QED) is 0.785. The van der Waals surface area contributed by atoms with Crippen LogP contribution in [0.5, 0.6) is 0 Å². The molecule has 1 aliphatic heterocycles. The van der Waals surface area contributed by atoms with Gasteiger partial charge in [0.15, 0.2) is 5.78 Å². The van der Waals surface area contributed by atoms with Crippen molar-refractivity contribution < 1.29 is 4.79 Å².